The average Bonchev–Trinajstić information content (AvgIpc) is 3.19. The van der Waals surface area contributed by atoms with E-state index in [1.165, 1.54) is 0 Å². The first-order valence-corrected chi connectivity index (χ1v) is 9.53. The lowest BCUT2D eigenvalue weighted by Crippen LogP contribution is -2.33. The van der Waals surface area contributed by atoms with Gasteiger partial charge in [-0.3, -0.25) is 4.79 Å². The van der Waals surface area contributed by atoms with E-state index in [1.54, 1.807) is 11.3 Å². The van der Waals surface area contributed by atoms with Gasteiger partial charge in [-0.2, -0.15) is 0 Å². The Labute approximate surface area is 161 Å². The number of carbonyl (C=O) groups excluding carboxylic acids is 1. The van der Waals surface area contributed by atoms with Gasteiger partial charge in [0.1, 0.15) is 5.01 Å². The zero-order valence-corrected chi connectivity index (χ0v) is 16.6. The monoisotopic (exact) mass is 429 g/mol. The third-order valence-corrected chi connectivity index (χ3v) is 5.56. The van der Waals surface area contributed by atoms with E-state index < -0.39 is 0 Å². The molecule has 1 aromatic carbocycles. The Morgan fingerprint density at radius 3 is 2.88 bits per heavy atom. The number of halogens is 2. The summed E-state index contributed by atoms with van der Waals surface area (Å²) in [6, 6.07) is 8.37. The molecule has 2 unspecified atom stereocenters. The fraction of sp³-hybridized carbons (Fsp3) is 0.412. The summed E-state index contributed by atoms with van der Waals surface area (Å²) in [5, 5.41) is 9.39. The van der Waals surface area contributed by atoms with Crippen molar-refractivity contribution in [1.29, 1.82) is 0 Å². The summed E-state index contributed by atoms with van der Waals surface area (Å²) in [5.74, 6) is 0.0947. The first-order chi connectivity index (χ1) is 11.1. The molecule has 2 heterocycles. The van der Waals surface area contributed by atoms with Crippen LogP contribution in [0.4, 0.5) is 0 Å². The van der Waals surface area contributed by atoms with Gasteiger partial charge in [-0.05, 0) is 38.4 Å². The van der Waals surface area contributed by atoms with E-state index in [9.17, 15) is 4.79 Å². The number of aromatic nitrogens is 1. The average molecular weight is 431 g/mol. The lowest BCUT2D eigenvalue weighted by atomic mass is 10.1. The third-order valence-electron chi connectivity index (χ3n) is 4.00. The number of amides is 1. The standard InChI is InChI=1S/C17H20BrN3OS.ClH/c1-11(20-16(22)9-14-3-2-8-19-14)17-21-15(10-23-17)12-4-6-13(18)7-5-12;/h4-7,10-11,14,19H,2-3,8-9H2,1H3,(H,20,22);1H. The van der Waals surface area contributed by atoms with Crippen LogP contribution < -0.4 is 10.6 Å². The molecule has 24 heavy (non-hydrogen) atoms. The van der Waals surface area contributed by atoms with Gasteiger partial charge in [0.05, 0.1) is 11.7 Å². The normalized spacial score (nSPS) is 18.0. The Morgan fingerprint density at radius 2 is 2.21 bits per heavy atom. The fourth-order valence-electron chi connectivity index (χ4n) is 2.76. The van der Waals surface area contributed by atoms with Crippen molar-refractivity contribution < 1.29 is 4.79 Å². The number of nitrogens with one attached hydrogen (secondary N) is 2. The molecule has 2 atom stereocenters. The van der Waals surface area contributed by atoms with Crippen LogP contribution in [0.1, 0.15) is 37.2 Å². The summed E-state index contributed by atoms with van der Waals surface area (Å²) in [4.78, 5) is 16.8. The van der Waals surface area contributed by atoms with Crippen molar-refractivity contribution >= 4 is 45.6 Å². The van der Waals surface area contributed by atoms with Gasteiger partial charge in [0.15, 0.2) is 0 Å². The van der Waals surface area contributed by atoms with Gasteiger partial charge < -0.3 is 10.6 Å². The number of hydrogen-bond acceptors (Lipinski definition) is 4. The number of thiazole rings is 1. The van der Waals surface area contributed by atoms with E-state index in [0.29, 0.717) is 12.5 Å². The predicted molar refractivity (Wildman–Crippen MR) is 105 cm³/mol. The second-order valence-electron chi connectivity index (χ2n) is 5.86. The van der Waals surface area contributed by atoms with Crippen molar-refractivity contribution in [2.45, 2.75) is 38.3 Å². The molecule has 7 heteroatoms. The molecular formula is C17H21BrClN3OS. The number of hydrogen-bond donors (Lipinski definition) is 2. The topological polar surface area (TPSA) is 54.0 Å². The summed E-state index contributed by atoms with van der Waals surface area (Å²) in [5.41, 5.74) is 2.04. The Kier molecular flexibility index (Phi) is 7.22. The Bertz CT molecular complexity index is 671. The second kappa shape index (κ2) is 8.94. The largest absolute Gasteiger partial charge is 0.347 e. The molecule has 0 radical (unpaired) electrons. The van der Waals surface area contributed by atoms with Crippen LogP contribution in [0.15, 0.2) is 34.1 Å². The molecule has 0 aliphatic carbocycles. The maximum atomic E-state index is 12.1. The molecule has 1 aliphatic rings. The van der Waals surface area contributed by atoms with Crippen LogP contribution >= 0.6 is 39.7 Å². The zero-order valence-electron chi connectivity index (χ0n) is 13.4. The number of carbonyl (C=O) groups is 1. The van der Waals surface area contributed by atoms with Crippen LogP contribution in [-0.4, -0.2) is 23.5 Å². The Hall–Kier alpha value is -0.950. The SMILES string of the molecule is CC(NC(=O)CC1CCCN1)c1nc(-c2ccc(Br)cc2)cs1.Cl. The maximum absolute atomic E-state index is 12.1. The van der Waals surface area contributed by atoms with Gasteiger partial charge in [-0.25, -0.2) is 4.98 Å². The van der Waals surface area contributed by atoms with Crippen molar-refractivity contribution in [2.24, 2.45) is 0 Å². The molecule has 1 aromatic heterocycles. The van der Waals surface area contributed by atoms with E-state index in [1.807, 2.05) is 36.6 Å². The second-order valence-corrected chi connectivity index (χ2v) is 7.67. The third kappa shape index (κ3) is 5.02. The van der Waals surface area contributed by atoms with Gasteiger partial charge in [0.2, 0.25) is 5.91 Å². The van der Waals surface area contributed by atoms with Crippen molar-refractivity contribution in [2.75, 3.05) is 6.54 Å². The highest BCUT2D eigenvalue weighted by Gasteiger charge is 2.20. The molecule has 1 saturated heterocycles. The van der Waals surface area contributed by atoms with Crippen LogP contribution in [-0.2, 0) is 4.79 Å². The fourth-order valence-corrected chi connectivity index (χ4v) is 3.86. The smallest absolute Gasteiger partial charge is 0.222 e. The molecule has 0 spiro atoms. The first kappa shape index (κ1) is 19.4. The summed E-state index contributed by atoms with van der Waals surface area (Å²) in [6.45, 7) is 3.01. The van der Waals surface area contributed by atoms with Gasteiger partial charge in [-0.1, -0.05) is 28.1 Å². The molecule has 0 saturated carbocycles. The van der Waals surface area contributed by atoms with Gasteiger partial charge in [0, 0.05) is 27.9 Å². The molecule has 3 rings (SSSR count). The van der Waals surface area contributed by atoms with Crippen LogP contribution in [0.5, 0.6) is 0 Å². The summed E-state index contributed by atoms with van der Waals surface area (Å²) in [7, 11) is 0. The van der Waals surface area contributed by atoms with Gasteiger partial charge >= 0.3 is 0 Å². The summed E-state index contributed by atoms with van der Waals surface area (Å²) >= 11 is 5.03. The van der Waals surface area contributed by atoms with Gasteiger partial charge in [0.25, 0.3) is 0 Å². The first-order valence-electron chi connectivity index (χ1n) is 7.86. The van der Waals surface area contributed by atoms with Crippen LogP contribution in [0.25, 0.3) is 11.3 Å². The Balaban J connectivity index is 0.00000208. The lowest BCUT2D eigenvalue weighted by Gasteiger charge is -2.14. The van der Waals surface area contributed by atoms with Crippen LogP contribution in [0.3, 0.4) is 0 Å². The maximum Gasteiger partial charge on any atom is 0.222 e. The van der Waals surface area contributed by atoms with Crippen LogP contribution in [0, 0.1) is 0 Å². The van der Waals surface area contributed by atoms with Crippen molar-refractivity contribution in [3.05, 3.63) is 39.1 Å². The van der Waals surface area contributed by atoms with E-state index >= 15 is 0 Å². The molecule has 1 amide bonds. The van der Waals surface area contributed by atoms with Crippen LogP contribution in [0.2, 0.25) is 0 Å². The minimum atomic E-state index is -0.0573. The van der Waals surface area contributed by atoms with E-state index in [2.05, 4.69) is 31.5 Å². The van der Waals surface area contributed by atoms with Crippen molar-refractivity contribution in [3.63, 3.8) is 0 Å². The quantitative estimate of drug-likeness (QED) is 0.743. The highest BCUT2D eigenvalue weighted by atomic mass is 79.9. The molecule has 2 aromatic rings. The minimum absolute atomic E-state index is 0. The van der Waals surface area contributed by atoms with E-state index in [4.69, 9.17) is 0 Å². The number of rotatable bonds is 5. The number of nitrogens with zero attached hydrogens (tertiary/aromatic N) is 1. The molecule has 130 valence electrons. The zero-order chi connectivity index (χ0) is 16.2. The van der Waals surface area contributed by atoms with Crippen molar-refractivity contribution in [1.82, 2.24) is 15.6 Å². The molecular weight excluding hydrogens is 410 g/mol. The van der Waals surface area contributed by atoms with E-state index in [0.717, 1.165) is 40.1 Å². The molecule has 2 N–H and O–H groups in total. The minimum Gasteiger partial charge on any atom is -0.347 e. The molecule has 1 fully saturated rings. The highest BCUT2D eigenvalue weighted by Crippen LogP contribution is 2.26. The molecule has 0 bridgehead atoms. The number of benzene rings is 1. The molecule has 1 aliphatic heterocycles. The summed E-state index contributed by atoms with van der Waals surface area (Å²) < 4.78 is 1.05. The lowest BCUT2D eigenvalue weighted by molar-refractivity contribution is -0.122. The van der Waals surface area contributed by atoms with E-state index in [-0.39, 0.29) is 24.4 Å². The molecule has 4 nitrogen and oxygen atoms in total. The Morgan fingerprint density at radius 1 is 1.46 bits per heavy atom. The van der Waals surface area contributed by atoms with Crippen molar-refractivity contribution in [3.8, 4) is 11.3 Å². The highest BCUT2D eigenvalue weighted by molar-refractivity contribution is 9.10. The summed E-state index contributed by atoms with van der Waals surface area (Å²) in [6.07, 6.45) is 2.80. The predicted octanol–water partition coefficient (Wildman–Crippen LogP) is 4.31. The van der Waals surface area contributed by atoms with Gasteiger partial charge in [-0.15, -0.1) is 23.7 Å².